The summed E-state index contributed by atoms with van der Waals surface area (Å²) in [5.41, 5.74) is 3.60. The SMILES string of the molecule is Cc1ccc(C(=O)N2CCN(c3ccc(C#N)cc3Br)CC2)cc1. The Morgan fingerprint density at radius 1 is 1.08 bits per heavy atom. The first kappa shape index (κ1) is 16.5. The molecule has 1 aliphatic rings. The van der Waals surface area contributed by atoms with Crippen LogP contribution in [0.1, 0.15) is 21.5 Å². The maximum absolute atomic E-state index is 12.6. The van der Waals surface area contributed by atoms with Crippen LogP contribution in [0, 0.1) is 18.3 Å². The van der Waals surface area contributed by atoms with E-state index in [1.165, 1.54) is 0 Å². The number of amides is 1. The van der Waals surface area contributed by atoms with E-state index in [-0.39, 0.29) is 5.91 Å². The Labute approximate surface area is 150 Å². The van der Waals surface area contributed by atoms with Gasteiger partial charge in [-0.3, -0.25) is 4.79 Å². The molecule has 0 aliphatic carbocycles. The van der Waals surface area contributed by atoms with Gasteiger partial charge in [-0.15, -0.1) is 0 Å². The highest BCUT2D eigenvalue weighted by atomic mass is 79.9. The standard InChI is InChI=1S/C19H18BrN3O/c1-14-2-5-16(6-3-14)19(24)23-10-8-22(9-11-23)18-7-4-15(13-21)12-17(18)20/h2-7,12H,8-11H2,1H3. The van der Waals surface area contributed by atoms with Gasteiger partial charge in [0.25, 0.3) is 5.91 Å². The molecule has 0 spiro atoms. The van der Waals surface area contributed by atoms with Crippen molar-refractivity contribution in [2.24, 2.45) is 0 Å². The van der Waals surface area contributed by atoms with Crippen molar-refractivity contribution in [3.05, 3.63) is 63.6 Å². The van der Waals surface area contributed by atoms with Gasteiger partial charge in [0.05, 0.1) is 17.3 Å². The number of hydrogen-bond acceptors (Lipinski definition) is 3. The van der Waals surface area contributed by atoms with Crippen LogP contribution >= 0.6 is 15.9 Å². The molecule has 0 unspecified atom stereocenters. The highest BCUT2D eigenvalue weighted by Crippen LogP contribution is 2.28. The summed E-state index contributed by atoms with van der Waals surface area (Å²) in [5.74, 6) is 0.0912. The monoisotopic (exact) mass is 383 g/mol. The van der Waals surface area contributed by atoms with Crippen LogP contribution in [0.5, 0.6) is 0 Å². The minimum Gasteiger partial charge on any atom is -0.367 e. The second-order valence-electron chi connectivity index (χ2n) is 5.92. The molecule has 1 fully saturated rings. The van der Waals surface area contributed by atoms with Gasteiger partial charge in [-0.05, 0) is 53.2 Å². The van der Waals surface area contributed by atoms with Crippen molar-refractivity contribution < 1.29 is 4.79 Å². The number of carbonyl (C=O) groups is 1. The van der Waals surface area contributed by atoms with Crippen molar-refractivity contribution in [2.45, 2.75) is 6.92 Å². The van der Waals surface area contributed by atoms with E-state index in [2.05, 4.69) is 26.9 Å². The van der Waals surface area contributed by atoms with Gasteiger partial charge in [-0.2, -0.15) is 5.26 Å². The zero-order valence-electron chi connectivity index (χ0n) is 13.5. The van der Waals surface area contributed by atoms with Gasteiger partial charge >= 0.3 is 0 Å². The number of carbonyl (C=O) groups excluding carboxylic acids is 1. The van der Waals surface area contributed by atoms with Gasteiger partial charge < -0.3 is 9.80 Å². The lowest BCUT2D eigenvalue weighted by atomic mass is 10.1. The average molecular weight is 384 g/mol. The number of nitrogens with zero attached hydrogens (tertiary/aromatic N) is 3. The van der Waals surface area contributed by atoms with Gasteiger partial charge in [0.15, 0.2) is 0 Å². The molecule has 122 valence electrons. The third-order valence-corrected chi connectivity index (χ3v) is 4.92. The minimum absolute atomic E-state index is 0.0912. The first-order valence-electron chi connectivity index (χ1n) is 7.89. The lowest BCUT2D eigenvalue weighted by molar-refractivity contribution is 0.0747. The minimum atomic E-state index is 0.0912. The Kier molecular flexibility index (Phi) is 4.86. The molecular formula is C19H18BrN3O. The Bertz CT molecular complexity index is 787. The highest BCUT2D eigenvalue weighted by molar-refractivity contribution is 9.10. The zero-order chi connectivity index (χ0) is 17.1. The summed E-state index contributed by atoms with van der Waals surface area (Å²) >= 11 is 3.54. The maximum Gasteiger partial charge on any atom is 0.253 e. The largest absolute Gasteiger partial charge is 0.367 e. The molecule has 0 aromatic heterocycles. The third-order valence-electron chi connectivity index (χ3n) is 4.28. The molecule has 0 saturated carbocycles. The number of halogens is 1. The molecule has 3 rings (SSSR count). The van der Waals surface area contributed by atoms with Crippen molar-refractivity contribution in [1.82, 2.24) is 4.90 Å². The van der Waals surface area contributed by atoms with E-state index in [0.29, 0.717) is 18.7 Å². The van der Waals surface area contributed by atoms with E-state index in [9.17, 15) is 4.79 Å². The topological polar surface area (TPSA) is 47.3 Å². The molecule has 1 amide bonds. The highest BCUT2D eigenvalue weighted by Gasteiger charge is 2.23. The van der Waals surface area contributed by atoms with Crippen LogP contribution < -0.4 is 4.90 Å². The Hall–Kier alpha value is -2.32. The number of aryl methyl sites for hydroxylation is 1. The number of benzene rings is 2. The molecule has 0 N–H and O–H groups in total. The molecule has 2 aromatic carbocycles. The summed E-state index contributed by atoms with van der Waals surface area (Å²) in [6.45, 7) is 4.96. The third kappa shape index (κ3) is 3.44. The molecule has 5 heteroatoms. The van der Waals surface area contributed by atoms with Gasteiger partial charge in [0, 0.05) is 36.2 Å². The fourth-order valence-corrected chi connectivity index (χ4v) is 3.49. The van der Waals surface area contributed by atoms with Gasteiger partial charge in [-0.1, -0.05) is 17.7 Å². The molecular weight excluding hydrogens is 366 g/mol. The zero-order valence-corrected chi connectivity index (χ0v) is 15.1. The number of nitriles is 1. The Balaban J connectivity index is 1.66. The number of rotatable bonds is 2. The van der Waals surface area contributed by atoms with Crippen LogP contribution in [0.3, 0.4) is 0 Å². The molecule has 1 aliphatic heterocycles. The predicted octanol–water partition coefficient (Wildman–Crippen LogP) is 3.59. The Morgan fingerprint density at radius 3 is 2.33 bits per heavy atom. The fourth-order valence-electron chi connectivity index (χ4n) is 2.86. The smallest absolute Gasteiger partial charge is 0.253 e. The van der Waals surface area contributed by atoms with E-state index in [1.54, 1.807) is 0 Å². The van der Waals surface area contributed by atoms with E-state index in [4.69, 9.17) is 5.26 Å². The summed E-state index contributed by atoms with van der Waals surface area (Å²) in [7, 11) is 0. The van der Waals surface area contributed by atoms with Crippen LogP contribution in [-0.4, -0.2) is 37.0 Å². The predicted molar refractivity (Wildman–Crippen MR) is 98.2 cm³/mol. The van der Waals surface area contributed by atoms with Crippen molar-refractivity contribution in [3.8, 4) is 6.07 Å². The summed E-state index contributed by atoms with van der Waals surface area (Å²) in [4.78, 5) is 16.7. The van der Waals surface area contributed by atoms with E-state index in [0.717, 1.165) is 34.4 Å². The second-order valence-corrected chi connectivity index (χ2v) is 6.78. The van der Waals surface area contributed by atoms with Crippen molar-refractivity contribution in [2.75, 3.05) is 31.1 Å². The lowest BCUT2D eigenvalue weighted by Crippen LogP contribution is -2.48. The van der Waals surface area contributed by atoms with Crippen molar-refractivity contribution in [1.29, 1.82) is 5.26 Å². The summed E-state index contributed by atoms with van der Waals surface area (Å²) in [5, 5.41) is 8.96. The second kappa shape index (κ2) is 7.06. The summed E-state index contributed by atoms with van der Waals surface area (Å²) in [6, 6.07) is 15.5. The van der Waals surface area contributed by atoms with Gasteiger partial charge in [0.1, 0.15) is 0 Å². The quantitative estimate of drug-likeness (QED) is 0.795. The Morgan fingerprint density at radius 2 is 1.75 bits per heavy atom. The van der Waals surface area contributed by atoms with Crippen LogP contribution in [0.25, 0.3) is 0 Å². The van der Waals surface area contributed by atoms with Crippen LogP contribution in [0.4, 0.5) is 5.69 Å². The molecule has 2 aromatic rings. The molecule has 1 saturated heterocycles. The van der Waals surface area contributed by atoms with Crippen molar-refractivity contribution >= 4 is 27.5 Å². The van der Waals surface area contributed by atoms with Crippen molar-refractivity contribution in [3.63, 3.8) is 0 Å². The van der Waals surface area contributed by atoms with E-state index < -0.39 is 0 Å². The van der Waals surface area contributed by atoms with Gasteiger partial charge in [-0.25, -0.2) is 0 Å². The first-order valence-corrected chi connectivity index (χ1v) is 8.68. The molecule has 0 bridgehead atoms. The van der Waals surface area contributed by atoms with Gasteiger partial charge in [0.2, 0.25) is 0 Å². The summed E-state index contributed by atoms with van der Waals surface area (Å²) < 4.78 is 0.917. The molecule has 0 radical (unpaired) electrons. The normalized spacial score (nSPS) is 14.4. The van der Waals surface area contributed by atoms with Crippen LogP contribution in [-0.2, 0) is 0 Å². The molecule has 4 nitrogen and oxygen atoms in total. The number of anilines is 1. The number of piperazine rings is 1. The van der Waals surface area contributed by atoms with E-state index >= 15 is 0 Å². The fraction of sp³-hybridized carbons (Fsp3) is 0.263. The molecule has 0 atom stereocenters. The maximum atomic E-state index is 12.6. The first-order chi connectivity index (χ1) is 11.6. The lowest BCUT2D eigenvalue weighted by Gasteiger charge is -2.36. The number of hydrogen-bond donors (Lipinski definition) is 0. The summed E-state index contributed by atoms with van der Waals surface area (Å²) in [6.07, 6.45) is 0. The van der Waals surface area contributed by atoms with Crippen LogP contribution in [0.2, 0.25) is 0 Å². The van der Waals surface area contributed by atoms with Crippen LogP contribution in [0.15, 0.2) is 46.9 Å². The molecule has 1 heterocycles. The molecule has 24 heavy (non-hydrogen) atoms. The average Bonchev–Trinajstić information content (AvgIpc) is 2.62. The van der Waals surface area contributed by atoms with E-state index in [1.807, 2.05) is 54.3 Å².